The molecular weight excluding hydrogens is 288 g/mol. The molecule has 0 spiro atoms. The van der Waals surface area contributed by atoms with E-state index in [1.54, 1.807) is 0 Å². The van der Waals surface area contributed by atoms with Crippen LogP contribution in [-0.4, -0.2) is 64.3 Å². The molecule has 1 aliphatic heterocycles. The summed E-state index contributed by atoms with van der Waals surface area (Å²) in [6.45, 7) is 2.20. The van der Waals surface area contributed by atoms with E-state index in [0.29, 0.717) is 6.61 Å². The Morgan fingerprint density at radius 3 is 2.00 bits per heavy atom. The van der Waals surface area contributed by atoms with Crippen molar-refractivity contribution in [2.45, 2.75) is 89.0 Å². The Kier molecular flexibility index (Phi) is 10.2. The molecule has 1 saturated heterocycles. The second kappa shape index (κ2) is 11.3. The second-order valence-corrected chi connectivity index (χ2v) is 6.04. The summed E-state index contributed by atoms with van der Waals surface area (Å²) in [5, 5.41) is 38.2. The van der Waals surface area contributed by atoms with Gasteiger partial charge in [0.05, 0.1) is 6.61 Å². The Morgan fingerprint density at radius 2 is 1.41 bits per heavy atom. The largest absolute Gasteiger partial charge is 0.394 e. The average molecular weight is 320 g/mol. The third-order valence-electron chi connectivity index (χ3n) is 4.13. The number of unbranched alkanes of at least 4 members (excludes halogenated alkanes) is 7. The van der Waals surface area contributed by atoms with Gasteiger partial charge in [-0.25, -0.2) is 0 Å². The van der Waals surface area contributed by atoms with Crippen molar-refractivity contribution in [2.24, 2.45) is 0 Å². The van der Waals surface area contributed by atoms with Crippen molar-refractivity contribution in [3.8, 4) is 0 Å². The lowest BCUT2D eigenvalue weighted by molar-refractivity contribution is -0.301. The Labute approximate surface area is 133 Å². The van der Waals surface area contributed by atoms with Crippen molar-refractivity contribution in [3.63, 3.8) is 0 Å². The first kappa shape index (κ1) is 19.8. The van der Waals surface area contributed by atoms with Crippen LogP contribution in [0, 0.1) is 0 Å². The van der Waals surface area contributed by atoms with Gasteiger partial charge in [0.25, 0.3) is 0 Å². The predicted molar refractivity (Wildman–Crippen MR) is 82.3 cm³/mol. The van der Waals surface area contributed by atoms with Crippen molar-refractivity contribution in [3.05, 3.63) is 0 Å². The van der Waals surface area contributed by atoms with Crippen molar-refractivity contribution in [1.82, 2.24) is 0 Å². The van der Waals surface area contributed by atoms with Gasteiger partial charge in [0.15, 0.2) is 6.29 Å². The van der Waals surface area contributed by atoms with Gasteiger partial charge in [-0.15, -0.1) is 0 Å². The lowest BCUT2D eigenvalue weighted by Gasteiger charge is -2.39. The lowest BCUT2D eigenvalue weighted by atomic mass is 9.99. The van der Waals surface area contributed by atoms with Gasteiger partial charge in [-0.3, -0.25) is 0 Å². The van der Waals surface area contributed by atoms with Crippen LogP contribution in [0.1, 0.15) is 58.3 Å². The SMILES string of the molecule is CCCCCCCCCCOC1O[C@H](CO)[C@@H](O)[C@H](O)[C@H]1O. The molecule has 1 unspecified atom stereocenters. The maximum atomic E-state index is 9.80. The molecule has 22 heavy (non-hydrogen) atoms. The van der Waals surface area contributed by atoms with Gasteiger partial charge >= 0.3 is 0 Å². The molecule has 0 bridgehead atoms. The van der Waals surface area contributed by atoms with Crippen molar-refractivity contribution < 1.29 is 29.9 Å². The number of rotatable bonds is 11. The molecule has 0 aromatic heterocycles. The fourth-order valence-corrected chi connectivity index (χ4v) is 2.64. The third-order valence-corrected chi connectivity index (χ3v) is 4.13. The van der Waals surface area contributed by atoms with E-state index in [9.17, 15) is 15.3 Å². The summed E-state index contributed by atoms with van der Waals surface area (Å²) >= 11 is 0. The van der Waals surface area contributed by atoms with Gasteiger partial charge in [-0.2, -0.15) is 0 Å². The first-order valence-electron chi connectivity index (χ1n) is 8.54. The Hall–Kier alpha value is -0.240. The molecule has 0 aromatic carbocycles. The zero-order chi connectivity index (χ0) is 16.4. The summed E-state index contributed by atoms with van der Waals surface area (Å²) in [5.41, 5.74) is 0. The van der Waals surface area contributed by atoms with Gasteiger partial charge in [-0.05, 0) is 6.42 Å². The van der Waals surface area contributed by atoms with E-state index in [0.717, 1.165) is 12.8 Å². The minimum Gasteiger partial charge on any atom is -0.394 e. The first-order valence-corrected chi connectivity index (χ1v) is 8.54. The molecule has 0 radical (unpaired) electrons. The maximum absolute atomic E-state index is 9.80. The van der Waals surface area contributed by atoms with Gasteiger partial charge in [0, 0.05) is 6.61 Å². The topological polar surface area (TPSA) is 99.4 Å². The Balaban J connectivity index is 2.11. The fourth-order valence-electron chi connectivity index (χ4n) is 2.64. The number of aliphatic hydroxyl groups is 4. The lowest BCUT2D eigenvalue weighted by Crippen LogP contribution is -2.59. The molecule has 1 aliphatic rings. The molecule has 0 aromatic rings. The fraction of sp³-hybridized carbons (Fsp3) is 1.00. The van der Waals surface area contributed by atoms with Gasteiger partial charge in [0.1, 0.15) is 24.4 Å². The zero-order valence-electron chi connectivity index (χ0n) is 13.6. The predicted octanol–water partition coefficient (Wildman–Crippen LogP) is 0.944. The number of hydrogen-bond donors (Lipinski definition) is 4. The quantitative estimate of drug-likeness (QED) is 0.423. The molecule has 6 heteroatoms. The van der Waals surface area contributed by atoms with Gasteiger partial charge < -0.3 is 29.9 Å². The summed E-state index contributed by atoms with van der Waals surface area (Å²) in [7, 11) is 0. The summed E-state index contributed by atoms with van der Waals surface area (Å²) in [4.78, 5) is 0. The molecule has 5 atom stereocenters. The Bertz CT molecular complexity index is 273. The highest BCUT2D eigenvalue weighted by atomic mass is 16.7. The van der Waals surface area contributed by atoms with E-state index in [4.69, 9.17) is 14.6 Å². The third kappa shape index (κ3) is 6.48. The van der Waals surface area contributed by atoms with E-state index < -0.39 is 37.3 Å². The molecular formula is C16H32O6. The summed E-state index contributed by atoms with van der Waals surface area (Å²) in [6.07, 6.45) is 3.58. The van der Waals surface area contributed by atoms with E-state index in [1.807, 2.05) is 0 Å². The van der Waals surface area contributed by atoms with Crippen LogP contribution in [0.25, 0.3) is 0 Å². The zero-order valence-corrected chi connectivity index (χ0v) is 13.6. The molecule has 1 heterocycles. The van der Waals surface area contributed by atoms with Crippen LogP contribution in [0.15, 0.2) is 0 Å². The number of aliphatic hydroxyl groups excluding tert-OH is 4. The van der Waals surface area contributed by atoms with E-state index in [-0.39, 0.29) is 0 Å². The van der Waals surface area contributed by atoms with E-state index in [2.05, 4.69) is 6.92 Å². The van der Waals surface area contributed by atoms with Gasteiger partial charge in [-0.1, -0.05) is 51.9 Å². The summed E-state index contributed by atoms with van der Waals surface area (Å²) in [6, 6.07) is 0. The molecule has 132 valence electrons. The van der Waals surface area contributed by atoms with Crippen molar-refractivity contribution in [1.29, 1.82) is 0 Å². The molecule has 1 rings (SSSR count). The van der Waals surface area contributed by atoms with Crippen molar-refractivity contribution >= 4 is 0 Å². The second-order valence-electron chi connectivity index (χ2n) is 6.04. The maximum Gasteiger partial charge on any atom is 0.186 e. The van der Waals surface area contributed by atoms with Crippen LogP contribution < -0.4 is 0 Å². The minimum absolute atomic E-state index is 0.428. The van der Waals surface area contributed by atoms with Crippen LogP contribution in [0.5, 0.6) is 0 Å². The number of hydrogen-bond acceptors (Lipinski definition) is 6. The van der Waals surface area contributed by atoms with Crippen LogP contribution >= 0.6 is 0 Å². The van der Waals surface area contributed by atoms with Crippen LogP contribution in [0.3, 0.4) is 0 Å². The van der Waals surface area contributed by atoms with Crippen LogP contribution in [-0.2, 0) is 9.47 Å². The summed E-state index contributed by atoms with van der Waals surface area (Å²) in [5.74, 6) is 0. The molecule has 0 amide bonds. The van der Waals surface area contributed by atoms with Gasteiger partial charge in [0.2, 0.25) is 0 Å². The molecule has 6 nitrogen and oxygen atoms in total. The molecule has 4 N–H and O–H groups in total. The first-order chi connectivity index (χ1) is 10.6. The highest BCUT2D eigenvalue weighted by Crippen LogP contribution is 2.22. The highest BCUT2D eigenvalue weighted by molar-refractivity contribution is 4.88. The minimum atomic E-state index is -1.37. The van der Waals surface area contributed by atoms with Crippen LogP contribution in [0.2, 0.25) is 0 Å². The monoisotopic (exact) mass is 320 g/mol. The van der Waals surface area contributed by atoms with E-state index in [1.165, 1.54) is 38.5 Å². The van der Waals surface area contributed by atoms with Crippen LogP contribution in [0.4, 0.5) is 0 Å². The average Bonchev–Trinajstić information content (AvgIpc) is 2.53. The standard InChI is InChI=1S/C16H32O6/c1-2-3-4-5-6-7-8-9-10-21-16-15(20)14(19)13(18)12(11-17)22-16/h12-20H,2-11H2,1H3/t12-,13-,14+,15-,16?/m1/s1. The normalized spacial score (nSPS) is 32.3. The molecule has 0 saturated carbocycles. The Morgan fingerprint density at radius 1 is 0.818 bits per heavy atom. The summed E-state index contributed by atoms with van der Waals surface area (Å²) < 4.78 is 10.7. The molecule has 0 aliphatic carbocycles. The van der Waals surface area contributed by atoms with E-state index >= 15 is 0 Å². The van der Waals surface area contributed by atoms with Crippen molar-refractivity contribution in [2.75, 3.05) is 13.2 Å². The number of ether oxygens (including phenoxy) is 2. The highest BCUT2D eigenvalue weighted by Gasteiger charge is 2.43. The smallest absolute Gasteiger partial charge is 0.186 e. The molecule has 1 fully saturated rings.